The molecule has 0 saturated heterocycles. The van der Waals surface area contributed by atoms with Crippen molar-refractivity contribution in [3.05, 3.63) is 74.8 Å². The van der Waals surface area contributed by atoms with Crippen LogP contribution in [-0.2, 0) is 16.8 Å². The first-order chi connectivity index (χ1) is 17.0. The summed E-state index contributed by atoms with van der Waals surface area (Å²) < 4.78 is 13.7. The van der Waals surface area contributed by atoms with Gasteiger partial charge in [-0.25, -0.2) is 14.3 Å². The van der Waals surface area contributed by atoms with Crippen molar-refractivity contribution >= 4 is 21.6 Å². The molecule has 0 aliphatic heterocycles. The smallest absolute Gasteiger partial charge is 0.332 e. The standard InChI is InChI=1S/C25H29N3O7S/c1-14(29)13-35-17(16-8-6-5-7-9-16)12-27-22-18(15(2)19(36-22)20-26-10-11-34-20)21(30)28(24(27)33)25(3,4)23(31)32/h5-11,14,17,23,29,31-32H,12-13H2,1-4H3/t14-,17+/m1/s1. The molecule has 0 spiro atoms. The van der Waals surface area contributed by atoms with Crippen LogP contribution in [0.15, 0.2) is 56.8 Å². The number of thiophene rings is 1. The molecule has 0 saturated carbocycles. The molecule has 1 aromatic carbocycles. The lowest BCUT2D eigenvalue weighted by atomic mass is 10.0. The van der Waals surface area contributed by atoms with Crippen LogP contribution in [0, 0.1) is 6.92 Å². The van der Waals surface area contributed by atoms with Crippen LogP contribution in [-0.4, -0.2) is 48.4 Å². The Morgan fingerprint density at radius 3 is 2.44 bits per heavy atom. The average Bonchev–Trinajstić information content (AvgIpc) is 3.47. The second-order valence-electron chi connectivity index (χ2n) is 9.22. The quantitative estimate of drug-likeness (QED) is 0.289. The summed E-state index contributed by atoms with van der Waals surface area (Å²) in [7, 11) is 0. The second kappa shape index (κ2) is 10.1. The monoisotopic (exact) mass is 515 g/mol. The molecular weight excluding hydrogens is 486 g/mol. The topological polar surface area (TPSA) is 140 Å². The molecule has 4 aromatic rings. The zero-order valence-electron chi connectivity index (χ0n) is 20.4. The number of aromatic nitrogens is 3. The van der Waals surface area contributed by atoms with Gasteiger partial charge in [0.1, 0.15) is 17.2 Å². The van der Waals surface area contributed by atoms with Crippen LogP contribution in [0.3, 0.4) is 0 Å². The van der Waals surface area contributed by atoms with Gasteiger partial charge in [-0.2, -0.15) is 0 Å². The van der Waals surface area contributed by atoms with E-state index in [-0.39, 0.29) is 18.5 Å². The number of aryl methyl sites for hydroxylation is 1. The van der Waals surface area contributed by atoms with Crippen LogP contribution < -0.4 is 11.2 Å². The van der Waals surface area contributed by atoms with Crippen molar-refractivity contribution in [3.63, 3.8) is 0 Å². The second-order valence-corrected chi connectivity index (χ2v) is 10.2. The van der Waals surface area contributed by atoms with E-state index in [0.29, 0.717) is 21.2 Å². The van der Waals surface area contributed by atoms with Gasteiger partial charge in [0, 0.05) is 0 Å². The lowest BCUT2D eigenvalue weighted by molar-refractivity contribution is -0.116. The maximum absolute atomic E-state index is 13.8. The molecule has 10 nitrogen and oxygen atoms in total. The normalized spacial score (nSPS) is 14.0. The lowest BCUT2D eigenvalue weighted by Gasteiger charge is -2.30. The Morgan fingerprint density at radius 2 is 1.86 bits per heavy atom. The molecule has 3 aromatic heterocycles. The van der Waals surface area contributed by atoms with Gasteiger partial charge in [-0.3, -0.25) is 9.36 Å². The fourth-order valence-corrected chi connectivity index (χ4v) is 5.26. The molecule has 0 bridgehead atoms. The minimum absolute atomic E-state index is 0.00886. The van der Waals surface area contributed by atoms with E-state index in [0.717, 1.165) is 10.1 Å². The Balaban J connectivity index is 2.00. The number of benzene rings is 1. The number of oxazole rings is 1. The van der Waals surface area contributed by atoms with Crippen molar-refractivity contribution in [3.8, 4) is 10.8 Å². The van der Waals surface area contributed by atoms with E-state index in [4.69, 9.17) is 9.15 Å². The summed E-state index contributed by atoms with van der Waals surface area (Å²) in [5, 5.41) is 30.2. The molecule has 3 N–H and O–H groups in total. The first kappa shape index (κ1) is 26.0. The van der Waals surface area contributed by atoms with Crippen LogP contribution in [0.5, 0.6) is 0 Å². The van der Waals surface area contributed by atoms with Crippen LogP contribution in [0.1, 0.15) is 38.0 Å². The highest BCUT2D eigenvalue weighted by atomic mass is 32.1. The number of aliphatic hydroxyl groups is 3. The Morgan fingerprint density at radius 1 is 1.17 bits per heavy atom. The first-order valence-corrected chi connectivity index (χ1v) is 12.3. The maximum atomic E-state index is 13.8. The number of hydrogen-bond acceptors (Lipinski definition) is 9. The molecule has 2 atom stereocenters. The molecule has 0 unspecified atom stereocenters. The molecule has 36 heavy (non-hydrogen) atoms. The molecular formula is C25H29N3O7S. The Kier molecular flexibility index (Phi) is 7.30. The van der Waals surface area contributed by atoms with E-state index in [9.17, 15) is 24.9 Å². The molecule has 0 radical (unpaired) electrons. The summed E-state index contributed by atoms with van der Waals surface area (Å²) in [5.41, 5.74) is -1.64. The summed E-state index contributed by atoms with van der Waals surface area (Å²) in [4.78, 5) is 32.6. The molecule has 0 aliphatic rings. The number of hydrogen-bond donors (Lipinski definition) is 3. The lowest BCUT2D eigenvalue weighted by Crippen LogP contribution is -2.54. The number of aliphatic hydroxyl groups excluding tert-OH is 2. The Hall–Kier alpha value is -3.09. The Labute approximate surface area is 210 Å². The van der Waals surface area contributed by atoms with Gasteiger partial charge in [0.2, 0.25) is 5.89 Å². The van der Waals surface area contributed by atoms with Gasteiger partial charge in [0.25, 0.3) is 5.56 Å². The molecule has 0 aliphatic carbocycles. The van der Waals surface area contributed by atoms with Crippen LogP contribution in [0.4, 0.5) is 0 Å². The van der Waals surface area contributed by atoms with E-state index < -0.39 is 35.3 Å². The molecule has 192 valence electrons. The SMILES string of the molecule is Cc1c(-c2ncco2)sc2c1c(=O)n(C(C)(C)C(O)O)c(=O)n2C[C@H](OC[C@@H](C)O)c1ccccc1. The minimum atomic E-state index is -1.98. The maximum Gasteiger partial charge on any atom is 0.332 e. The van der Waals surface area contributed by atoms with Crippen molar-refractivity contribution < 1.29 is 24.5 Å². The number of nitrogens with zero attached hydrogens (tertiary/aromatic N) is 3. The molecule has 0 fully saturated rings. The van der Waals surface area contributed by atoms with Crippen molar-refractivity contribution in [1.29, 1.82) is 0 Å². The summed E-state index contributed by atoms with van der Waals surface area (Å²) in [6.07, 6.45) is -0.431. The van der Waals surface area contributed by atoms with Gasteiger partial charge in [-0.05, 0) is 38.8 Å². The highest BCUT2D eigenvalue weighted by molar-refractivity contribution is 7.22. The van der Waals surface area contributed by atoms with Crippen molar-refractivity contribution in [2.24, 2.45) is 0 Å². The average molecular weight is 516 g/mol. The number of ether oxygens (including phenoxy) is 1. The van der Waals surface area contributed by atoms with Gasteiger partial charge < -0.3 is 24.5 Å². The van der Waals surface area contributed by atoms with E-state index in [2.05, 4.69) is 4.98 Å². The molecule has 0 amide bonds. The predicted octanol–water partition coefficient (Wildman–Crippen LogP) is 2.37. The zero-order valence-corrected chi connectivity index (χ0v) is 21.2. The van der Waals surface area contributed by atoms with Crippen molar-refractivity contribution in [2.45, 2.75) is 58.3 Å². The van der Waals surface area contributed by atoms with Crippen molar-refractivity contribution in [1.82, 2.24) is 14.1 Å². The van der Waals surface area contributed by atoms with Gasteiger partial charge >= 0.3 is 5.69 Å². The van der Waals surface area contributed by atoms with Crippen molar-refractivity contribution in [2.75, 3.05) is 6.61 Å². The minimum Gasteiger partial charge on any atom is -0.444 e. The van der Waals surface area contributed by atoms with Crippen LogP contribution in [0.2, 0.25) is 0 Å². The van der Waals surface area contributed by atoms with E-state index in [1.165, 1.54) is 42.2 Å². The van der Waals surface area contributed by atoms with Gasteiger partial charge in [0.05, 0.1) is 41.3 Å². The van der Waals surface area contributed by atoms with E-state index in [1.54, 1.807) is 13.8 Å². The fraction of sp³-hybridized carbons (Fsp3) is 0.400. The predicted molar refractivity (Wildman–Crippen MR) is 135 cm³/mol. The number of fused-ring (bicyclic) bond motifs is 1. The van der Waals surface area contributed by atoms with Crippen LogP contribution >= 0.6 is 11.3 Å². The third kappa shape index (κ3) is 4.67. The molecule has 11 heteroatoms. The molecule has 4 rings (SSSR count). The van der Waals surface area contributed by atoms with Gasteiger partial charge in [0.15, 0.2) is 6.29 Å². The summed E-state index contributed by atoms with van der Waals surface area (Å²) in [5.74, 6) is 0.310. The fourth-order valence-electron chi connectivity index (χ4n) is 4.01. The van der Waals surface area contributed by atoms with Crippen LogP contribution in [0.25, 0.3) is 21.0 Å². The third-order valence-corrected chi connectivity index (χ3v) is 7.41. The highest BCUT2D eigenvalue weighted by Gasteiger charge is 2.35. The first-order valence-electron chi connectivity index (χ1n) is 11.4. The highest BCUT2D eigenvalue weighted by Crippen LogP contribution is 2.36. The van der Waals surface area contributed by atoms with E-state index in [1.807, 2.05) is 30.3 Å². The zero-order chi connectivity index (χ0) is 26.2. The van der Waals surface area contributed by atoms with Gasteiger partial charge in [-0.15, -0.1) is 11.3 Å². The van der Waals surface area contributed by atoms with Gasteiger partial charge in [-0.1, -0.05) is 30.3 Å². The van der Waals surface area contributed by atoms with E-state index >= 15 is 0 Å². The molecule has 3 heterocycles. The third-order valence-electron chi connectivity index (χ3n) is 6.11. The number of rotatable bonds is 9. The summed E-state index contributed by atoms with van der Waals surface area (Å²) in [6, 6.07) is 9.24. The Bertz CT molecular complexity index is 1450. The summed E-state index contributed by atoms with van der Waals surface area (Å²) in [6.45, 7) is 6.19. The summed E-state index contributed by atoms with van der Waals surface area (Å²) >= 11 is 1.19. The largest absolute Gasteiger partial charge is 0.444 e.